The molecule has 25 heavy (non-hydrogen) atoms. The normalized spacial score (nSPS) is 18.9. The van der Waals surface area contributed by atoms with Crippen molar-refractivity contribution in [2.45, 2.75) is 32.0 Å². The van der Waals surface area contributed by atoms with Gasteiger partial charge in [0.05, 0.1) is 14.2 Å². The van der Waals surface area contributed by atoms with Gasteiger partial charge in [-0.25, -0.2) is 0 Å². The van der Waals surface area contributed by atoms with Gasteiger partial charge in [-0.05, 0) is 37.1 Å². The number of benzene rings is 2. The summed E-state index contributed by atoms with van der Waals surface area (Å²) in [6.07, 6.45) is 1.17. The van der Waals surface area contributed by atoms with Crippen LogP contribution in [-0.2, 0) is 6.54 Å². The third-order valence-electron chi connectivity index (χ3n) is 4.91. The molecule has 1 heterocycles. The molecule has 0 spiro atoms. The molecule has 2 unspecified atom stereocenters. The smallest absolute Gasteiger partial charge is 0.123 e. The summed E-state index contributed by atoms with van der Waals surface area (Å²) >= 11 is 0. The topological polar surface area (TPSA) is 33.7 Å². The van der Waals surface area contributed by atoms with Gasteiger partial charge in [-0.1, -0.05) is 30.3 Å². The van der Waals surface area contributed by atoms with Gasteiger partial charge in [0.2, 0.25) is 0 Å². The molecule has 0 bridgehead atoms. The summed E-state index contributed by atoms with van der Waals surface area (Å²) in [5, 5.41) is 3.76. The van der Waals surface area contributed by atoms with Crippen LogP contribution in [0.4, 0.5) is 0 Å². The second-order valence-corrected chi connectivity index (χ2v) is 6.70. The highest BCUT2D eigenvalue weighted by molar-refractivity contribution is 5.42. The molecule has 3 rings (SSSR count). The van der Waals surface area contributed by atoms with Crippen LogP contribution in [0.1, 0.15) is 30.5 Å². The summed E-state index contributed by atoms with van der Waals surface area (Å²) in [7, 11) is 3.41. The molecule has 4 heteroatoms. The van der Waals surface area contributed by atoms with Crippen LogP contribution < -0.4 is 14.8 Å². The number of ether oxygens (including phenoxy) is 2. The second-order valence-electron chi connectivity index (χ2n) is 6.70. The molecule has 1 aliphatic heterocycles. The average Bonchev–Trinajstić information content (AvgIpc) is 3.08. The molecule has 1 saturated heterocycles. The highest BCUT2D eigenvalue weighted by Crippen LogP contribution is 2.30. The van der Waals surface area contributed by atoms with Gasteiger partial charge in [0.25, 0.3) is 0 Å². The molecule has 2 atom stereocenters. The zero-order chi connectivity index (χ0) is 17.6. The number of nitrogens with one attached hydrogen (secondary N) is 1. The van der Waals surface area contributed by atoms with Crippen molar-refractivity contribution in [1.29, 1.82) is 0 Å². The molecular weight excluding hydrogens is 312 g/mol. The van der Waals surface area contributed by atoms with Crippen molar-refractivity contribution in [2.75, 3.05) is 27.3 Å². The lowest BCUT2D eigenvalue weighted by atomic mass is 10.1. The number of likely N-dealkylation sites (tertiary alicyclic amines) is 1. The highest BCUT2D eigenvalue weighted by Gasteiger charge is 2.25. The van der Waals surface area contributed by atoms with E-state index >= 15 is 0 Å². The molecule has 2 aromatic carbocycles. The van der Waals surface area contributed by atoms with Crippen LogP contribution in [0.2, 0.25) is 0 Å². The monoisotopic (exact) mass is 340 g/mol. The first kappa shape index (κ1) is 17.8. The molecule has 0 radical (unpaired) electrons. The average molecular weight is 340 g/mol. The van der Waals surface area contributed by atoms with Crippen LogP contribution in [0, 0.1) is 0 Å². The van der Waals surface area contributed by atoms with Gasteiger partial charge < -0.3 is 14.8 Å². The fourth-order valence-electron chi connectivity index (χ4n) is 3.58. The summed E-state index contributed by atoms with van der Waals surface area (Å²) in [5.74, 6) is 1.77. The molecule has 0 aromatic heterocycles. The molecule has 0 aliphatic carbocycles. The maximum Gasteiger partial charge on any atom is 0.123 e. The fraction of sp³-hybridized carbons (Fsp3) is 0.429. The fourth-order valence-corrected chi connectivity index (χ4v) is 3.58. The van der Waals surface area contributed by atoms with Crippen molar-refractivity contribution in [3.05, 3.63) is 59.7 Å². The number of hydrogen-bond donors (Lipinski definition) is 1. The van der Waals surface area contributed by atoms with Crippen molar-refractivity contribution >= 4 is 0 Å². The van der Waals surface area contributed by atoms with E-state index in [0.29, 0.717) is 6.04 Å². The minimum Gasteiger partial charge on any atom is -0.497 e. The van der Waals surface area contributed by atoms with E-state index in [1.807, 2.05) is 12.1 Å². The second kappa shape index (κ2) is 8.37. The van der Waals surface area contributed by atoms with E-state index in [4.69, 9.17) is 9.47 Å². The van der Waals surface area contributed by atoms with Crippen LogP contribution in [0.15, 0.2) is 48.5 Å². The Labute approximate surface area is 150 Å². The molecule has 4 nitrogen and oxygen atoms in total. The van der Waals surface area contributed by atoms with Gasteiger partial charge >= 0.3 is 0 Å². The first-order valence-corrected chi connectivity index (χ1v) is 8.94. The minimum atomic E-state index is 0.215. The van der Waals surface area contributed by atoms with Crippen LogP contribution in [-0.4, -0.2) is 38.3 Å². The Bertz CT molecular complexity index is 675. The molecule has 0 saturated carbocycles. The van der Waals surface area contributed by atoms with Gasteiger partial charge in [-0.15, -0.1) is 0 Å². The summed E-state index contributed by atoms with van der Waals surface area (Å²) in [6.45, 7) is 5.42. The van der Waals surface area contributed by atoms with E-state index in [1.165, 1.54) is 12.0 Å². The molecule has 134 valence electrons. The largest absolute Gasteiger partial charge is 0.497 e. The Hall–Kier alpha value is -2.04. The van der Waals surface area contributed by atoms with Gasteiger partial charge in [-0.3, -0.25) is 4.90 Å². The maximum absolute atomic E-state index is 5.52. The van der Waals surface area contributed by atoms with E-state index < -0.39 is 0 Å². The lowest BCUT2D eigenvalue weighted by Gasteiger charge is -2.23. The molecule has 1 aliphatic rings. The van der Waals surface area contributed by atoms with Gasteiger partial charge in [0, 0.05) is 37.3 Å². The van der Waals surface area contributed by atoms with E-state index in [0.717, 1.165) is 36.7 Å². The molecule has 1 N–H and O–H groups in total. The first-order chi connectivity index (χ1) is 12.2. The Balaban J connectivity index is 1.59. The molecule has 2 aromatic rings. The highest BCUT2D eigenvalue weighted by atomic mass is 16.5. The predicted molar refractivity (Wildman–Crippen MR) is 101 cm³/mol. The van der Waals surface area contributed by atoms with Crippen LogP contribution in [0.25, 0.3) is 0 Å². The van der Waals surface area contributed by atoms with Gasteiger partial charge in [-0.2, -0.15) is 0 Å². The summed E-state index contributed by atoms with van der Waals surface area (Å²) in [5.41, 5.74) is 2.52. The van der Waals surface area contributed by atoms with E-state index in [-0.39, 0.29) is 6.04 Å². The maximum atomic E-state index is 5.52. The predicted octanol–water partition coefficient (Wildman–Crippen LogP) is 3.63. The number of rotatable bonds is 7. The third kappa shape index (κ3) is 4.53. The summed E-state index contributed by atoms with van der Waals surface area (Å²) in [4.78, 5) is 2.52. The van der Waals surface area contributed by atoms with Crippen molar-refractivity contribution in [1.82, 2.24) is 10.2 Å². The van der Waals surface area contributed by atoms with Gasteiger partial charge in [0.15, 0.2) is 0 Å². The Morgan fingerprint density at radius 3 is 2.64 bits per heavy atom. The van der Waals surface area contributed by atoms with Gasteiger partial charge in [0.1, 0.15) is 11.5 Å². The first-order valence-electron chi connectivity index (χ1n) is 8.94. The summed E-state index contributed by atoms with van der Waals surface area (Å²) in [6, 6.07) is 17.4. The Kier molecular flexibility index (Phi) is 5.95. The van der Waals surface area contributed by atoms with Crippen LogP contribution in [0.5, 0.6) is 11.5 Å². The Morgan fingerprint density at radius 1 is 1.12 bits per heavy atom. The summed E-state index contributed by atoms with van der Waals surface area (Å²) < 4.78 is 10.9. The van der Waals surface area contributed by atoms with Crippen molar-refractivity contribution in [2.24, 2.45) is 0 Å². The van der Waals surface area contributed by atoms with Crippen molar-refractivity contribution < 1.29 is 9.47 Å². The van der Waals surface area contributed by atoms with Crippen LogP contribution in [0.3, 0.4) is 0 Å². The molecule has 0 amide bonds. The SMILES string of the molecule is COc1ccc(OC)c(C(C)NC2CCN(Cc3ccccc3)C2)c1. The van der Waals surface area contributed by atoms with E-state index in [2.05, 4.69) is 53.5 Å². The lowest BCUT2D eigenvalue weighted by Crippen LogP contribution is -2.34. The quantitative estimate of drug-likeness (QED) is 0.834. The zero-order valence-corrected chi connectivity index (χ0v) is 15.4. The zero-order valence-electron chi connectivity index (χ0n) is 15.4. The van der Waals surface area contributed by atoms with Crippen molar-refractivity contribution in [3.63, 3.8) is 0 Å². The lowest BCUT2D eigenvalue weighted by molar-refractivity contribution is 0.315. The number of methoxy groups -OCH3 is 2. The van der Waals surface area contributed by atoms with E-state index in [9.17, 15) is 0 Å². The number of nitrogens with zero attached hydrogens (tertiary/aromatic N) is 1. The Morgan fingerprint density at radius 2 is 1.92 bits per heavy atom. The molecular formula is C21H28N2O2. The number of hydrogen-bond acceptors (Lipinski definition) is 4. The van der Waals surface area contributed by atoms with E-state index in [1.54, 1.807) is 14.2 Å². The van der Waals surface area contributed by atoms with Crippen molar-refractivity contribution in [3.8, 4) is 11.5 Å². The standard InChI is InChI=1S/C21H28N2O2/c1-16(20-13-19(24-2)9-10-21(20)25-3)22-18-11-12-23(15-18)14-17-7-5-4-6-8-17/h4-10,13,16,18,22H,11-12,14-15H2,1-3H3. The molecule has 1 fully saturated rings. The van der Waals surface area contributed by atoms with Crippen LogP contribution >= 0.6 is 0 Å². The minimum absolute atomic E-state index is 0.215. The third-order valence-corrected chi connectivity index (χ3v) is 4.91.